The lowest BCUT2D eigenvalue weighted by Gasteiger charge is -2.30. The number of anilines is 3. The van der Waals surface area contributed by atoms with Crippen LogP contribution in [-0.2, 0) is 20.2 Å². The predicted molar refractivity (Wildman–Crippen MR) is 135 cm³/mol. The SMILES string of the molecule is COc1c(NC(=O)c2ccc(NS(C)(=O)=O)cc2Cl)cc(N2C(=O)CCNC2=O)cc1C(C)(C)C. The number of urea groups is 1. The highest BCUT2D eigenvalue weighted by atomic mass is 35.5. The average Bonchev–Trinajstić information content (AvgIpc) is 2.71. The first-order valence-corrected chi connectivity index (χ1v) is 12.9. The minimum Gasteiger partial charge on any atom is -0.494 e. The van der Waals surface area contributed by atoms with E-state index in [-0.39, 0.29) is 46.5 Å². The highest BCUT2D eigenvalue weighted by molar-refractivity contribution is 7.92. The molecule has 10 nitrogen and oxygen atoms in total. The molecule has 1 heterocycles. The molecule has 0 saturated carbocycles. The minimum absolute atomic E-state index is 0.0212. The molecule has 35 heavy (non-hydrogen) atoms. The Balaban J connectivity index is 2.06. The van der Waals surface area contributed by atoms with Crippen LogP contribution in [0.1, 0.15) is 43.1 Å². The van der Waals surface area contributed by atoms with Crippen molar-refractivity contribution in [3.05, 3.63) is 46.5 Å². The topological polar surface area (TPSA) is 134 Å². The maximum absolute atomic E-state index is 13.1. The second-order valence-corrected chi connectivity index (χ2v) is 11.2. The largest absolute Gasteiger partial charge is 0.494 e. The molecule has 0 unspecified atom stereocenters. The molecule has 1 aliphatic heterocycles. The standard InChI is InChI=1S/C23H27ClN4O6S/c1-23(2,3)16-11-14(28-19(29)8-9-25-22(28)31)12-18(20(16)34-4)26-21(30)15-7-6-13(10-17(15)24)27-35(5,32)33/h6-7,10-12,27H,8-9H2,1-5H3,(H,25,31)(H,26,30). The lowest BCUT2D eigenvalue weighted by atomic mass is 9.85. The van der Waals surface area contributed by atoms with Gasteiger partial charge in [0.25, 0.3) is 5.91 Å². The number of methoxy groups -OCH3 is 1. The predicted octanol–water partition coefficient (Wildman–Crippen LogP) is 3.72. The number of benzene rings is 2. The van der Waals surface area contributed by atoms with E-state index in [0.29, 0.717) is 11.3 Å². The van der Waals surface area contributed by atoms with Gasteiger partial charge >= 0.3 is 6.03 Å². The van der Waals surface area contributed by atoms with Gasteiger partial charge in [0, 0.05) is 24.2 Å². The fourth-order valence-electron chi connectivity index (χ4n) is 3.62. The number of ether oxygens (including phenoxy) is 1. The van der Waals surface area contributed by atoms with Crippen molar-refractivity contribution in [2.24, 2.45) is 0 Å². The van der Waals surface area contributed by atoms with E-state index in [9.17, 15) is 22.8 Å². The van der Waals surface area contributed by atoms with Crippen molar-refractivity contribution in [1.29, 1.82) is 0 Å². The van der Waals surface area contributed by atoms with Crippen LogP contribution in [0.4, 0.5) is 21.9 Å². The van der Waals surface area contributed by atoms with Crippen LogP contribution in [-0.4, -0.2) is 46.2 Å². The summed E-state index contributed by atoms with van der Waals surface area (Å²) >= 11 is 6.26. The summed E-state index contributed by atoms with van der Waals surface area (Å²) in [7, 11) is -2.06. The maximum atomic E-state index is 13.1. The van der Waals surface area contributed by atoms with E-state index >= 15 is 0 Å². The van der Waals surface area contributed by atoms with Gasteiger partial charge in [0.05, 0.1) is 35.3 Å². The number of nitrogens with zero attached hydrogens (tertiary/aromatic N) is 1. The van der Waals surface area contributed by atoms with Crippen molar-refractivity contribution in [3.63, 3.8) is 0 Å². The van der Waals surface area contributed by atoms with Gasteiger partial charge in [-0.05, 0) is 35.7 Å². The number of imide groups is 1. The van der Waals surface area contributed by atoms with Crippen LogP contribution in [0.3, 0.4) is 0 Å². The van der Waals surface area contributed by atoms with Gasteiger partial charge < -0.3 is 15.4 Å². The second kappa shape index (κ2) is 9.74. The Bertz CT molecular complexity index is 1290. The summed E-state index contributed by atoms with van der Waals surface area (Å²) < 4.78 is 30.8. The molecule has 0 bridgehead atoms. The first-order valence-electron chi connectivity index (χ1n) is 10.6. The van der Waals surface area contributed by atoms with Crippen LogP contribution in [0.15, 0.2) is 30.3 Å². The molecule has 0 spiro atoms. The lowest BCUT2D eigenvalue weighted by Crippen LogP contribution is -2.50. The molecule has 0 aliphatic carbocycles. The van der Waals surface area contributed by atoms with Crippen LogP contribution in [0.25, 0.3) is 0 Å². The summed E-state index contributed by atoms with van der Waals surface area (Å²) in [6.07, 6.45) is 1.15. The smallest absolute Gasteiger partial charge is 0.328 e. The van der Waals surface area contributed by atoms with Crippen molar-refractivity contribution < 1.29 is 27.5 Å². The summed E-state index contributed by atoms with van der Waals surface area (Å²) in [5.74, 6) is -0.593. The first kappa shape index (κ1) is 26.3. The van der Waals surface area contributed by atoms with Gasteiger partial charge in [-0.15, -0.1) is 0 Å². The van der Waals surface area contributed by atoms with Crippen molar-refractivity contribution in [3.8, 4) is 5.75 Å². The van der Waals surface area contributed by atoms with E-state index in [0.717, 1.165) is 11.2 Å². The Hall–Kier alpha value is -3.31. The van der Waals surface area contributed by atoms with E-state index in [4.69, 9.17) is 16.3 Å². The third-order valence-electron chi connectivity index (χ3n) is 5.18. The Labute approximate surface area is 209 Å². The van der Waals surface area contributed by atoms with Crippen molar-refractivity contribution in [1.82, 2.24) is 5.32 Å². The third-order valence-corrected chi connectivity index (χ3v) is 6.10. The van der Waals surface area contributed by atoms with E-state index in [1.807, 2.05) is 20.8 Å². The molecule has 1 saturated heterocycles. The van der Waals surface area contributed by atoms with Crippen molar-refractivity contribution >= 4 is 56.5 Å². The van der Waals surface area contributed by atoms with Crippen LogP contribution >= 0.6 is 11.6 Å². The number of amides is 4. The molecule has 3 N–H and O–H groups in total. The number of hydrogen-bond donors (Lipinski definition) is 3. The fraction of sp³-hybridized carbons (Fsp3) is 0.348. The van der Waals surface area contributed by atoms with Gasteiger partial charge in [-0.25, -0.2) is 18.1 Å². The number of rotatable bonds is 6. The molecule has 0 aromatic heterocycles. The van der Waals surface area contributed by atoms with Crippen molar-refractivity contribution in [2.45, 2.75) is 32.6 Å². The third kappa shape index (κ3) is 6.04. The zero-order valence-corrected chi connectivity index (χ0v) is 21.6. The van der Waals surface area contributed by atoms with E-state index < -0.39 is 27.4 Å². The van der Waals surface area contributed by atoms with Crippen LogP contribution in [0, 0.1) is 0 Å². The highest BCUT2D eigenvalue weighted by Gasteiger charge is 2.31. The highest BCUT2D eigenvalue weighted by Crippen LogP contribution is 2.41. The number of sulfonamides is 1. The normalized spacial score (nSPS) is 14.4. The number of nitrogens with one attached hydrogen (secondary N) is 3. The molecule has 3 rings (SSSR count). The van der Waals surface area contributed by atoms with Crippen LogP contribution in [0.5, 0.6) is 5.75 Å². The van der Waals surface area contributed by atoms with Gasteiger partial charge in [-0.3, -0.25) is 14.3 Å². The van der Waals surface area contributed by atoms with E-state index in [1.165, 1.54) is 31.4 Å². The Morgan fingerprint density at radius 1 is 1.17 bits per heavy atom. The fourth-order valence-corrected chi connectivity index (χ4v) is 4.44. The summed E-state index contributed by atoms with van der Waals surface area (Å²) in [5, 5.41) is 5.42. The molecular weight excluding hydrogens is 496 g/mol. The molecule has 4 amide bonds. The Kier molecular flexibility index (Phi) is 7.32. The molecular formula is C23H27ClN4O6S. The summed E-state index contributed by atoms with van der Waals surface area (Å²) in [4.78, 5) is 39.2. The van der Waals surface area contributed by atoms with E-state index in [2.05, 4.69) is 15.4 Å². The number of halogens is 1. The van der Waals surface area contributed by atoms with E-state index in [1.54, 1.807) is 6.07 Å². The molecule has 2 aromatic carbocycles. The minimum atomic E-state index is -3.52. The molecule has 1 fully saturated rings. The summed E-state index contributed by atoms with van der Waals surface area (Å²) in [5.41, 5.74) is 1.01. The molecule has 1 aliphatic rings. The van der Waals surface area contributed by atoms with Gasteiger partial charge in [0.2, 0.25) is 15.9 Å². The van der Waals surface area contributed by atoms with Crippen LogP contribution < -0.4 is 25.0 Å². The zero-order valence-electron chi connectivity index (χ0n) is 20.0. The van der Waals surface area contributed by atoms with Gasteiger partial charge in [-0.1, -0.05) is 32.4 Å². The number of hydrogen-bond acceptors (Lipinski definition) is 6. The quantitative estimate of drug-likeness (QED) is 0.529. The summed E-state index contributed by atoms with van der Waals surface area (Å²) in [6.45, 7) is 6.05. The first-order chi connectivity index (χ1) is 16.2. The Morgan fingerprint density at radius 2 is 1.86 bits per heavy atom. The lowest BCUT2D eigenvalue weighted by molar-refractivity contribution is -0.118. The molecule has 0 atom stereocenters. The number of carbonyl (C=O) groups excluding carboxylic acids is 3. The average molecular weight is 523 g/mol. The maximum Gasteiger partial charge on any atom is 0.328 e. The monoisotopic (exact) mass is 522 g/mol. The van der Waals surface area contributed by atoms with Crippen LogP contribution in [0.2, 0.25) is 5.02 Å². The molecule has 12 heteroatoms. The zero-order chi connectivity index (χ0) is 26.1. The van der Waals surface area contributed by atoms with Gasteiger partial charge in [0.15, 0.2) is 0 Å². The van der Waals surface area contributed by atoms with Crippen molar-refractivity contribution in [2.75, 3.05) is 34.8 Å². The van der Waals surface area contributed by atoms with Gasteiger partial charge in [0.1, 0.15) is 5.75 Å². The molecule has 0 radical (unpaired) electrons. The second-order valence-electron chi connectivity index (χ2n) is 9.06. The molecule has 2 aromatic rings. The molecule has 188 valence electrons. The van der Waals surface area contributed by atoms with Gasteiger partial charge in [-0.2, -0.15) is 0 Å². The Morgan fingerprint density at radius 3 is 2.40 bits per heavy atom. The summed E-state index contributed by atoms with van der Waals surface area (Å²) in [6, 6.07) is 6.74. The number of carbonyl (C=O) groups is 3.